The summed E-state index contributed by atoms with van der Waals surface area (Å²) in [6, 6.07) is 0. The maximum atomic E-state index is 5.14. The lowest BCUT2D eigenvalue weighted by Crippen LogP contribution is -2.05. The van der Waals surface area contributed by atoms with Crippen LogP contribution in [0.25, 0.3) is 0 Å². The molecule has 0 atom stereocenters. The van der Waals surface area contributed by atoms with Gasteiger partial charge in [-0.05, 0) is 43.8 Å². The Morgan fingerprint density at radius 3 is 1.95 bits per heavy atom. The molecule has 5 nitrogen and oxygen atoms in total. The fraction of sp³-hybridized carbons (Fsp3) is 0.533. The number of aromatic amines is 2. The average molecular weight is 346 g/mol. The van der Waals surface area contributed by atoms with Gasteiger partial charge in [0.05, 0.1) is 0 Å². The summed E-state index contributed by atoms with van der Waals surface area (Å²) in [5.74, 6) is 0.641. The summed E-state index contributed by atoms with van der Waals surface area (Å²) in [6.07, 6.45) is 4.64. The Labute approximate surface area is 145 Å². The number of H-pyrrole nitrogens is 2. The van der Waals surface area contributed by atoms with Crippen LogP contribution in [0.5, 0.6) is 0 Å². The first-order chi connectivity index (χ1) is 10.6. The van der Waals surface area contributed by atoms with Crippen LogP contribution in [0.2, 0.25) is 0 Å². The minimum absolute atomic E-state index is 0.405. The number of nitrogens with zero attached hydrogens (tertiary/aromatic N) is 1. The quantitative estimate of drug-likeness (QED) is 0.339. The first-order valence-corrected chi connectivity index (χ1v) is 8.10. The van der Waals surface area contributed by atoms with E-state index >= 15 is 0 Å². The van der Waals surface area contributed by atoms with E-state index < -0.39 is 0 Å². The second kappa shape index (κ2) is 22.0. The smallest absolute Gasteiger partial charge is 0.205 e. The summed E-state index contributed by atoms with van der Waals surface area (Å²) in [6.45, 7) is 18.0. The van der Waals surface area contributed by atoms with E-state index in [1.165, 1.54) is 12.8 Å². The normalized spacial score (nSPS) is 8.14. The Kier molecular flexibility index (Phi) is 25.6. The van der Waals surface area contributed by atoms with Crippen molar-refractivity contribution < 1.29 is 0 Å². The molecule has 0 amide bonds. The number of rotatable bonds is 6. The number of nitrogens with two attached hydrogens (primary N) is 1. The van der Waals surface area contributed by atoms with Crippen LogP contribution in [0.15, 0.2) is 26.3 Å². The Morgan fingerprint density at radius 1 is 1.05 bits per heavy atom. The zero-order valence-corrected chi connectivity index (χ0v) is 15.5. The van der Waals surface area contributed by atoms with Crippen LogP contribution < -0.4 is 11.1 Å². The molecule has 1 heterocycles. The van der Waals surface area contributed by atoms with Gasteiger partial charge in [-0.1, -0.05) is 26.7 Å². The number of hydrogen-bond donors (Lipinski definition) is 4. The number of aromatic nitrogens is 3. The van der Waals surface area contributed by atoms with Crippen LogP contribution >= 0.6 is 24.4 Å². The average Bonchev–Trinajstić information content (AvgIpc) is 2.52. The van der Waals surface area contributed by atoms with E-state index in [-0.39, 0.29) is 0 Å². The molecule has 5 N–H and O–H groups in total. The third-order valence-corrected chi connectivity index (χ3v) is 2.44. The van der Waals surface area contributed by atoms with Gasteiger partial charge in [-0.25, -0.2) is 0 Å². The van der Waals surface area contributed by atoms with Gasteiger partial charge in [-0.2, -0.15) is 4.98 Å². The molecule has 0 aromatic carbocycles. The highest BCUT2D eigenvalue weighted by atomic mass is 32.1. The van der Waals surface area contributed by atoms with E-state index in [1.807, 2.05) is 0 Å². The van der Waals surface area contributed by atoms with Crippen LogP contribution in [0.1, 0.15) is 39.5 Å². The molecule has 1 rings (SSSR count). The predicted molar refractivity (Wildman–Crippen MR) is 104 cm³/mol. The van der Waals surface area contributed by atoms with Crippen molar-refractivity contribution in [2.24, 2.45) is 5.73 Å². The molecule has 1 aromatic heterocycles. The molecule has 0 saturated heterocycles. The first-order valence-electron chi connectivity index (χ1n) is 7.28. The maximum absolute atomic E-state index is 5.14. The van der Waals surface area contributed by atoms with Crippen LogP contribution in [0.3, 0.4) is 0 Å². The fourth-order valence-electron chi connectivity index (χ4n) is 1.06. The molecule has 0 spiro atoms. The number of anilines is 1. The van der Waals surface area contributed by atoms with Crippen molar-refractivity contribution in [2.45, 2.75) is 39.5 Å². The molecule has 0 radical (unpaired) electrons. The van der Waals surface area contributed by atoms with Crippen LogP contribution in [0, 0.1) is 9.54 Å². The lowest BCUT2D eigenvalue weighted by atomic mass is 10.3. The van der Waals surface area contributed by atoms with Crippen molar-refractivity contribution in [3.05, 3.63) is 35.9 Å². The second-order valence-corrected chi connectivity index (χ2v) is 4.56. The van der Waals surface area contributed by atoms with E-state index in [2.05, 4.69) is 60.4 Å². The summed E-state index contributed by atoms with van der Waals surface area (Å²) in [7, 11) is 0. The highest BCUT2D eigenvalue weighted by molar-refractivity contribution is 7.71. The van der Waals surface area contributed by atoms with Gasteiger partial charge < -0.3 is 21.0 Å². The lowest BCUT2D eigenvalue weighted by Gasteiger charge is -2.02. The van der Waals surface area contributed by atoms with Gasteiger partial charge >= 0.3 is 0 Å². The third-order valence-electron chi connectivity index (χ3n) is 2.05. The zero-order chi connectivity index (χ0) is 17.8. The molecule has 0 aliphatic heterocycles. The topological polar surface area (TPSA) is 82.5 Å². The fourth-order valence-corrected chi connectivity index (χ4v) is 1.52. The standard InChI is InChI=1S/C7H12N4S2.C4H11N.2C2H4/c1-2-3-4-8-5-9-6(12)11-7(13)10-5;1-2-3-4-5;2*1-2/h2-4H2,1H3,(H3,8,9,10,11,12,13);2-5H2,1H3;2*1-2H2. The highest BCUT2D eigenvalue weighted by Gasteiger charge is 1.92. The van der Waals surface area contributed by atoms with Gasteiger partial charge in [0.2, 0.25) is 10.7 Å². The Balaban J connectivity index is -0.000000338. The van der Waals surface area contributed by atoms with E-state index in [0.717, 1.165) is 25.9 Å². The molecular weight excluding hydrogens is 314 g/mol. The van der Waals surface area contributed by atoms with Gasteiger partial charge in [0, 0.05) is 6.54 Å². The van der Waals surface area contributed by atoms with Crippen LogP contribution in [-0.2, 0) is 0 Å². The molecular formula is C15H31N5S2. The largest absolute Gasteiger partial charge is 0.356 e. The monoisotopic (exact) mass is 345 g/mol. The lowest BCUT2D eigenvalue weighted by molar-refractivity contribution is 0.807. The molecule has 128 valence electrons. The summed E-state index contributed by atoms with van der Waals surface area (Å²) in [5.41, 5.74) is 5.14. The molecule has 1 aromatic rings. The van der Waals surface area contributed by atoms with E-state index in [4.69, 9.17) is 30.2 Å². The van der Waals surface area contributed by atoms with E-state index in [0.29, 0.717) is 15.5 Å². The summed E-state index contributed by atoms with van der Waals surface area (Å²) >= 11 is 9.78. The van der Waals surface area contributed by atoms with Crippen molar-refractivity contribution >= 4 is 30.4 Å². The molecule has 0 unspecified atom stereocenters. The summed E-state index contributed by atoms with van der Waals surface area (Å²) in [5, 5.41) is 3.11. The van der Waals surface area contributed by atoms with Gasteiger partial charge in [-0.3, -0.25) is 0 Å². The van der Waals surface area contributed by atoms with Gasteiger partial charge in [0.1, 0.15) is 0 Å². The van der Waals surface area contributed by atoms with Crippen molar-refractivity contribution in [2.75, 3.05) is 18.4 Å². The molecule has 0 fully saturated rings. The Hall–Kier alpha value is -1.31. The minimum atomic E-state index is 0.405. The van der Waals surface area contributed by atoms with Gasteiger partial charge in [-0.15, -0.1) is 26.3 Å². The molecule has 7 heteroatoms. The Bertz CT molecular complexity index is 410. The van der Waals surface area contributed by atoms with E-state index in [1.54, 1.807) is 0 Å². The number of hydrogen-bond acceptors (Lipinski definition) is 5. The predicted octanol–water partition coefficient (Wildman–Crippen LogP) is 4.76. The highest BCUT2D eigenvalue weighted by Crippen LogP contribution is 1.96. The summed E-state index contributed by atoms with van der Waals surface area (Å²) in [4.78, 5) is 9.63. The van der Waals surface area contributed by atoms with Crippen molar-refractivity contribution in [3.63, 3.8) is 0 Å². The zero-order valence-electron chi connectivity index (χ0n) is 13.9. The van der Waals surface area contributed by atoms with Crippen molar-refractivity contribution in [1.82, 2.24) is 15.0 Å². The molecule has 22 heavy (non-hydrogen) atoms. The molecule has 0 bridgehead atoms. The second-order valence-electron chi connectivity index (χ2n) is 3.77. The van der Waals surface area contributed by atoms with Crippen molar-refractivity contribution in [3.8, 4) is 0 Å². The van der Waals surface area contributed by atoms with Gasteiger partial charge in [0.25, 0.3) is 0 Å². The maximum Gasteiger partial charge on any atom is 0.205 e. The van der Waals surface area contributed by atoms with E-state index in [9.17, 15) is 0 Å². The molecule has 0 aliphatic carbocycles. The summed E-state index contributed by atoms with van der Waals surface area (Å²) < 4.78 is 0.904. The number of unbranched alkanes of at least 4 members (excludes halogenated alkanes) is 2. The minimum Gasteiger partial charge on any atom is -0.356 e. The first kappa shape index (κ1) is 25.6. The van der Waals surface area contributed by atoms with Crippen molar-refractivity contribution in [1.29, 1.82) is 0 Å². The number of nitrogens with one attached hydrogen (secondary N) is 3. The molecule has 0 aliphatic rings. The Morgan fingerprint density at radius 2 is 1.59 bits per heavy atom. The van der Waals surface area contributed by atoms with Crippen LogP contribution in [0.4, 0.5) is 5.95 Å². The van der Waals surface area contributed by atoms with Gasteiger partial charge in [0.15, 0.2) is 4.77 Å². The van der Waals surface area contributed by atoms with Crippen LogP contribution in [-0.4, -0.2) is 28.0 Å². The SMILES string of the molecule is C=C.C=C.CCCCN.CCCCNc1nc(=S)[nH]c(=S)[nH]1. The third kappa shape index (κ3) is 18.7. The molecule has 0 saturated carbocycles.